The summed E-state index contributed by atoms with van der Waals surface area (Å²) in [6.07, 6.45) is 2.65. The molecule has 1 heterocycles. The van der Waals surface area contributed by atoms with Gasteiger partial charge in [-0.15, -0.1) is 0 Å². The van der Waals surface area contributed by atoms with Gasteiger partial charge in [0, 0.05) is 12.7 Å². The van der Waals surface area contributed by atoms with Crippen molar-refractivity contribution in [2.45, 2.75) is 26.8 Å². The Morgan fingerprint density at radius 3 is 2.68 bits per heavy atom. The SMILES string of the molecule is COc1cccn(CCc2ccc(C)cc2C)c1=O. The molecule has 1 aromatic carbocycles. The molecule has 0 spiro atoms. The average Bonchev–Trinajstić information content (AvgIpc) is 2.39. The van der Waals surface area contributed by atoms with Crippen LogP contribution in [-0.4, -0.2) is 11.7 Å². The van der Waals surface area contributed by atoms with Crippen LogP contribution in [0.15, 0.2) is 41.3 Å². The Labute approximate surface area is 113 Å². The van der Waals surface area contributed by atoms with Crippen LogP contribution in [0.3, 0.4) is 0 Å². The number of aromatic nitrogens is 1. The zero-order valence-electron chi connectivity index (χ0n) is 11.6. The van der Waals surface area contributed by atoms with Crippen molar-refractivity contribution in [3.05, 3.63) is 63.6 Å². The van der Waals surface area contributed by atoms with E-state index in [1.54, 1.807) is 16.8 Å². The van der Waals surface area contributed by atoms with Gasteiger partial charge in [-0.2, -0.15) is 0 Å². The highest BCUT2D eigenvalue weighted by Crippen LogP contribution is 2.12. The molecule has 0 N–H and O–H groups in total. The largest absolute Gasteiger partial charge is 0.491 e. The van der Waals surface area contributed by atoms with Crippen molar-refractivity contribution in [3.8, 4) is 5.75 Å². The Kier molecular flexibility index (Phi) is 4.05. The first-order valence-electron chi connectivity index (χ1n) is 6.41. The molecule has 0 fully saturated rings. The van der Waals surface area contributed by atoms with Gasteiger partial charge in [-0.1, -0.05) is 23.8 Å². The molecule has 0 aliphatic carbocycles. The maximum absolute atomic E-state index is 12.0. The number of rotatable bonds is 4. The van der Waals surface area contributed by atoms with E-state index in [1.165, 1.54) is 23.8 Å². The summed E-state index contributed by atoms with van der Waals surface area (Å²) in [6.45, 7) is 4.86. The van der Waals surface area contributed by atoms with Crippen LogP contribution in [0.5, 0.6) is 5.75 Å². The molecule has 3 heteroatoms. The molecule has 0 atom stereocenters. The molecule has 0 saturated carbocycles. The summed E-state index contributed by atoms with van der Waals surface area (Å²) in [5.74, 6) is 0.392. The van der Waals surface area contributed by atoms with E-state index in [0.29, 0.717) is 12.3 Å². The third-order valence-corrected chi connectivity index (χ3v) is 3.33. The van der Waals surface area contributed by atoms with Gasteiger partial charge in [0.05, 0.1) is 7.11 Å². The molecule has 0 saturated heterocycles. The first-order valence-corrected chi connectivity index (χ1v) is 6.41. The zero-order valence-corrected chi connectivity index (χ0v) is 11.6. The minimum absolute atomic E-state index is 0.0743. The highest BCUT2D eigenvalue weighted by atomic mass is 16.5. The van der Waals surface area contributed by atoms with Gasteiger partial charge < -0.3 is 9.30 Å². The second kappa shape index (κ2) is 5.74. The second-order valence-corrected chi connectivity index (χ2v) is 4.76. The molecule has 19 heavy (non-hydrogen) atoms. The first kappa shape index (κ1) is 13.4. The summed E-state index contributed by atoms with van der Waals surface area (Å²) < 4.78 is 6.74. The summed E-state index contributed by atoms with van der Waals surface area (Å²) in [5, 5.41) is 0. The molecule has 0 aliphatic heterocycles. The maximum Gasteiger partial charge on any atom is 0.292 e. The van der Waals surface area contributed by atoms with E-state index in [4.69, 9.17) is 4.74 Å². The smallest absolute Gasteiger partial charge is 0.292 e. The molecule has 2 rings (SSSR count). The van der Waals surface area contributed by atoms with Crippen molar-refractivity contribution >= 4 is 0 Å². The topological polar surface area (TPSA) is 31.2 Å². The fourth-order valence-corrected chi connectivity index (χ4v) is 2.21. The van der Waals surface area contributed by atoms with Gasteiger partial charge in [0.1, 0.15) is 0 Å². The summed E-state index contributed by atoms with van der Waals surface area (Å²) in [6, 6.07) is 9.94. The van der Waals surface area contributed by atoms with E-state index in [9.17, 15) is 4.79 Å². The van der Waals surface area contributed by atoms with Gasteiger partial charge in [0.25, 0.3) is 5.56 Å². The number of methoxy groups -OCH3 is 1. The number of hydrogen-bond donors (Lipinski definition) is 0. The van der Waals surface area contributed by atoms with Crippen molar-refractivity contribution < 1.29 is 4.74 Å². The van der Waals surface area contributed by atoms with Crippen LogP contribution < -0.4 is 10.3 Å². The van der Waals surface area contributed by atoms with E-state index in [1.807, 2.05) is 6.07 Å². The third kappa shape index (κ3) is 3.05. The number of pyridine rings is 1. The minimum atomic E-state index is -0.0743. The van der Waals surface area contributed by atoms with Crippen LogP contribution in [0.2, 0.25) is 0 Å². The summed E-state index contributed by atoms with van der Waals surface area (Å²) in [5.41, 5.74) is 3.74. The standard InChI is InChI=1S/C16H19NO2/c1-12-6-7-14(13(2)11-12)8-10-17-9-4-5-15(19-3)16(17)18/h4-7,9,11H,8,10H2,1-3H3. The maximum atomic E-state index is 12.0. The van der Waals surface area contributed by atoms with E-state index >= 15 is 0 Å². The van der Waals surface area contributed by atoms with Crippen molar-refractivity contribution in [1.29, 1.82) is 0 Å². The summed E-state index contributed by atoms with van der Waals surface area (Å²) >= 11 is 0. The molecule has 0 aliphatic rings. The van der Waals surface area contributed by atoms with Gasteiger partial charge in [-0.05, 0) is 43.5 Å². The molecular weight excluding hydrogens is 238 g/mol. The predicted molar refractivity (Wildman–Crippen MR) is 76.9 cm³/mol. The van der Waals surface area contributed by atoms with Crippen LogP contribution in [0.1, 0.15) is 16.7 Å². The second-order valence-electron chi connectivity index (χ2n) is 4.76. The Balaban J connectivity index is 2.17. The highest BCUT2D eigenvalue weighted by Gasteiger charge is 2.04. The Morgan fingerprint density at radius 1 is 1.21 bits per heavy atom. The number of aryl methyl sites for hydroxylation is 4. The van der Waals surface area contributed by atoms with Crippen molar-refractivity contribution in [3.63, 3.8) is 0 Å². The van der Waals surface area contributed by atoms with Crippen molar-refractivity contribution in [2.24, 2.45) is 0 Å². The number of benzene rings is 1. The van der Waals surface area contributed by atoms with Crippen LogP contribution in [0, 0.1) is 13.8 Å². The van der Waals surface area contributed by atoms with Crippen LogP contribution >= 0.6 is 0 Å². The lowest BCUT2D eigenvalue weighted by atomic mass is 10.0. The molecule has 3 nitrogen and oxygen atoms in total. The lowest BCUT2D eigenvalue weighted by molar-refractivity contribution is 0.402. The molecule has 0 unspecified atom stereocenters. The van der Waals surface area contributed by atoms with Crippen molar-refractivity contribution in [2.75, 3.05) is 7.11 Å². The first-order chi connectivity index (χ1) is 9.11. The number of hydrogen-bond acceptors (Lipinski definition) is 2. The normalized spacial score (nSPS) is 10.5. The molecular formula is C16H19NO2. The van der Waals surface area contributed by atoms with Gasteiger partial charge in [-0.3, -0.25) is 4.79 Å². The average molecular weight is 257 g/mol. The minimum Gasteiger partial charge on any atom is -0.491 e. The highest BCUT2D eigenvalue weighted by molar-refractivity contribution is 5.30. The van der Waals surface area contributed by atoms with Crippen LogP contribution in [0.25, 0.3) is 0 Å². The molecule has 0 radical (unpaired) electrons. The van der Waals surface area contributed by atoms with Gasteiger partial charge in [0.2, 0.25) is 0 Å². The van der Waals surface area contributed by atoms with E-state index in [-0.39, 0.29) is 5.56 Å². The third-order valence-electron chi connectivity index (χ3n) is 3.33. The lowest BCUT2D eigenvalue weighted by Gasteiger charge is -2.10. The summed E-state index contributed by atoms with van der Waals surface area (Å²) in [7, 11) is 1.52. The Morgan fingerprint density at radius 2 is 2.00 bits per heavy atom. The molecule has 0 amide bonds. The predicted octanol–water partition coefficient (Wildman–Crippen LogP) is 2.72. The quantitative estimate of drug-likeness (QED) is 0.843. The lowest BCUT2D eigenvalue weighted by Crippen LogP contribution is -2.21. The fraction of sp³-hybridized carbons (Fsp3) is 0.312. The number of nitrogens with zero attached hydrogens (tertiary/aromatic N) is 1. The van der Waals surface area contributed by atoms with Gasteiger partial charge in [-0.25, -0.2) is 0 Å². The number of ether oxygens (including phenoxy) is 1. The molecule has 100 valence electrons. The molecule has 2 aromatic rings. The van der Waals surface area contributed by atoms with Crippen LogP contribution in [-0.2, 0) is 13.0 Å². The van der Waals surface area contributed by atoms with Crippen molar-refractivity contribution in [1.82, 2.24) is 4.57 Å². The Bertz CT molecular complexity index is 629. The van der Waals surface area contributed by atoms with Crippen LogP contribution in [0.4, 0.5) is 0 Å². The fourth-order valence-electron chi connectivity index (χ4n) is 2.21. The molecule has 0 bridgehead atoms. The molecule has 1 aromatic heterocycles. The Hall–Kier alpha value is -2.03. The zero-order chi connectivity index (χ0) is 13.8. The van der Waals surface area contributed by atoms with E-state index in [0.717, 1.165) is 6.42 Å². The monoisotopic (exact) mass is 257 g/mol. The van der Waals surface area contributed by atoms with E-state index < -0.39 is 0 Å². The summed E-state index contributed by atoms with van der Waals surface area (Å²) in [4.78, 5) is 12.0. The van der Waals surface area contributed by atoms with Gasteiger partial charge >= 0.3 is 0 Å². The van der Waals surface area contributed by atoms with E-state index in [2.05, 4.69) is 32.0 Å². The van der Waals surface area contributed by atoms with Gasteiger partial charge in [0.15, 0.2) is 5.75 Å².